The van der Waals surface area contributed by atoms with Gasteiger partial charge in [0.25, 0.3) is 0 Å². The second-order valence-corrected chi connectivity index (χ2v) is 6.36. The van der Waals surface area contributed by atoms with E-state index in [9.17, 15) is 13.2 Å². The maximum absolute atomic E-state index is 12.0. The second kappa shape index (κ2) is 5.39. The molecule has 1 aromatic heterocycles. The first-order valence-electron chi connectivity index (χ1n) is 6.08. The van der Waals surface area contributed by atoms with Crippen LogP contribution in [0.25, 0.3) is 11.1 Å². The molecular formula is C12H16N2O5S. The van der Waals surface area contributed by atoms with Crippen LogP contribution in [-0.4, -0.2) is 30.7 Å². The maximum atomic E-state index is 12.0. The van der Waals surface area contributed by atoms with Crippen LogP contribution in [0.15, 0.2) is 32.3 Å². The molecule has 8 heteroatoms. The summed E-state index contributed by atoms with van der Waals surface area (Å²) in [4.78, 5) is 11.4. The molecule has 0 saturated carbocycles. The van der Waals surface area contributed by atoms with Crippen molar-refractivity contribution in [3.05, 3.63) is 28.7 Å². The second-order valence-electron chi connectivity index (χ2n) is 4.59. The zero-order valence-electron chi connectivity index (χ0n) is 11.2. The van der Waals surface area contributed by atoms with Crippen LogP contribution in [0.2, 0.25) is 0 Å². The summed E-state index contributed by atoms with van der Waals surface area (Å²) >= 11 is 0. The van der Waals surface area contributed by atoms with Crippen molar-refractivity contribution in [1.29, 1.82) is 0 Å². The van der Waals surface area contributed by atoms with Gasteiger partial charge < -0.3 is 9.52 Å². The number of oxazole rings is 1. The molecule has 7 nitrogen and oxygen atoms in total. The smallest absolute Gasteiger partial charge is 0.408 e. The van der Waals surface area contributed by atoms with Gasteiger partial charge in [-0.15, -0.1) is 0 Å². The molecule has 20 heavy (non-hydrogen) atoms. The molecule has 2 rings (SSSR count). The quantitative estimate of drug-likeness (QED) is 0.820. The zero-order valence-corrected chi connectivity index (χ0v) is 12.0. The van der Waals surface area contributed by atoms with E-state index in [0.717, 1.165) is 0 Å². The fourth-order valence-electron chi connectivity index (χ4n) is 1.77. The van der Waals surface area contributed by atoms with Crippen LogP contribution < -0.4 is 10.5 Å². The van der Waals surface area contributed by atoms with E-state index in [1.807, 2.05) is 0 Å². The minimum Gasteiger partial charge on any atom is -0.408 e. The Morgan fingerprint density at radius 1 is 1.45 bits per heavy atom. The minimum atomic E-state index is -3.68. The Morgan fingerprint density at radius 3 is 2.80 bits per heavy atom. The Kier molecular flexibility index (Phi) is 3.98. The highest BCUT2D eigenvalue weighted by Gasteiger charge is 2.16. The van der Waals surface area contributed by atoms with Crippen molar-refractivity contribution < 1.29 is 17.9 Å². The van der Waals surface area contributed by atoms with Crippen LogP contribution >= 0.6 is 0 Å². The molecule has 0 radical (unpaired) electrons. The van der Waals surface area contributed by atoms with Gasteiger partial charge in [-0.25, -0.2) is 17.9 Å². The summed E-state index contributed by atoms with van der Waals surface area (Å²) in [5, 5.41) is 9.11. The van der Waals surface area contributed by atoms with E-state index in [2.05, 4.69) is 4.72 Å². The number of aromatic nitrogens is 1. The number of aliphatic hydroxyl groups excluding tert-OH is 1. The first-order chi connectivity index (χ1) is 9.31. The van der Waals surface area contributed by atoms with Crippen molar-refractivity contribution in [2.24, 2.45) is 7.05 Å². The normalized spacial score (nSPS) is 13.8. The Labute approximate surface area is 115 Å². The number of hydrogen-bond acceptors (Lipinski definition) is 5. The van der Waals surface area contributed by atoms with Crippen molar-refractivity contribution in [3.8, 4) is 0 Å². The molecule has 0 aliphatic carbocycles. The molecule has 1 aromatic carbocycles. The van der Waals surface area contributed by atoms with Gasteiger partial charge in [-0.1, -0.05) is 0 Å². The third-order valence-corrected chi connectivity index (χ3v) is 4.39. The van der Waals surface area contributed by atoms with Gasteiger partial charge in [0.05, 0.1) is 16.5 Å². The van der Waals surface area contributed by atoms with Gasteiger partial charge in [-0.3, -0.25) is 4.57 Å². The molecule has 110 valence electrons. The number of aryl methyl sites for hydroxylation is 1. The number of nitrogens with zero attached hydrogens (tertiary/aromatic N) is 1. The first kappa shape index (κ1) is 14.8. The average Bonchev–Trinajstić information content (AvgIpc) is 2.64. The molecule has 0 spiro atoms. The van der Waals surface area contributed by atoms with Crippen LogP contribution in [0.5, 0.6) is 0 Å². The summed E-state index contributed by atoms with van der Waals surface area (Å²) in [5.74, 6) is -0.545. The number of hydrogen-bond donors (Lipinski definition) is 2. The molecular weight excluding hydrogens is 284 g/mol. The van der Waals surface area contributed by atoms with Gasteiger partial charge in [0.15, 0.2) is 5.58 Å². The number of sulfonamides is 1. The fraction of sp³-hybridized carbons (Fsp3) is 0.417. The van der Waals surface area contributed by atoms with E-state index in [1.54, 1.807) is 14.0 Å². The lowest BCUT2D eigenvalue weighted by molar-refractivity contribution is 0.186. The molecule has 0 saturated heterocycles. The van der Waals surface area contributed by atoms with Crippen molar-refractivity contribution in [3.63, 3.8) is 0 Å². The molecule has 0 aliphatic heterocycles. The third-order valence-electron chi connectivity index (χ3n) is 2.93. The zero-order chi connectivity index (χ0) is 14.9. The molecule has 0 fully saturated rings. The van der Waals surface area contributed by atoms with Crippen molar-refractivity contribution >= 4 is 21.1 Å². The summed E-state index contributed by atoms with van der Waals surface area (Å²) in [5.41, 5.74) is 0.744. The van der Waals surface area contributed by atoms with E-state index in [1.165, 1.54) is 22.8 Å². The third kappa shape index (κ3) is 2.92. The van der Waals surface area contributed by atoms with E-state index in [0.29, 0.717) is 11.9 Å². The van der Waals surface area contributed by atoms with Crippen molar-refractivity contribution in [2.45, 2.75) is 24.3 Å². The molecule has 2 N–H and O–H groups in total. The van der Waals surface area contributed by atoms with Crippen LogP contribution in [0, 0.1) is 0 Å². The summed E-state index contributed by atoms with van der Waals surface area (Å²) in [6, 6.07) is 4.23. The van der Waals surface area contributed by atoms with E-state index >= 15 is 0 Å². The van der Waals surface area contributed by atoms with Crippen LogP contribution in [0.1, 0.15) is 13.3 Å². The van der Waals surface area contributed by atoms with Gasteiger partial charge >= 0.3 is 5.76 Å². The number of nitrogens with one attached hydrogen (secondary N) is 1. The Bertz CT molecular complexity index is 773. The number of aliphatic hydroxyl groups is 1. The maximum Gasteiger partial charge on any atom is 0.419 e. The van der Waals surface area contributed by atoms with E-state index in [-0.39, 0.29) is 17.0 Å². The van der Waals surface area contributed by atoms with Crippen LogP contribution in [0.3, 0.4) is 0 Å². The van der Waals surface area contributed by atoms with Crippen molar-refractivity contribution in [1.82, 2.24) is 9.29 Å². The molecule has 2 aromatic rings. The van der Waals surface area contributed by atoms with Crippen LogP contribution in [-0.2, 0) is 17.1 Å². The standard InChI is InChI=1S/C12H16N2O5S/c1-8(15)5-6-13-20(17,18)9-3-4-10-11(7-9)19-12(16)14(10)2/h3-4,7-8,13,15H,5-6H2,1-2H3. The number of fused-ring (bicyclic) bond motifs is 1. The summed E-state index contributed by atoms with van der Waals surface area (Å²) in [7, 11) is -2.14. The van der Waals surface area contributed by atoms with Gasteiger partial charge in [0.2, 0.25) is 10.0 Å². The first-order valence-corrected chi connectivity index (χ1v) is 7.57. The minimum absolute atomic E-state index is 0.0185. The molecule has 1 atom stereocenters. The van der Waals surface area contributed by atoms with Crippen molar-refractivity contribution in [2.75, 3.05) is 6.54 Å². The van der Waals surface area contributed by atoms with Gasteiger partial charge in [0, 0.05) is 19.7 Å². The predicted octanol–water partition coefficient (Wildman–Crippen LogP) is 0.181. The Morgan fingerprint density at radius 2 is 2.15 bits per heavy atom. The fourth-order valence-corrected chi connectivity index (χ4v) is 2.83. The highest BCUT2D eigenvalue weighted by Crippen LogP contribution is 2.17. The molecule has 1 heterocycles. The highest BCUT2D eigenvalue weighted by molar-refractivity contribution is 7.89. The van der Waals surface area contributed by atoms with Gasteiger partial charge in [0.1, 0.15) is 0 Å². The average molecular weight is 300 g/mol. The lowest BCUT2D eigenvalue weighted by Gasteiger charge is -2.07. The van der Waals surface area contributed by atoms with Crippen LogP contribution in [0.4, 0.5) is 0 Å². The molecule has 0 aliphatic rings. The molecule has 0 bridgehead atoms. The number of benzene rings is 1. The van der Waals surface area contributed by atoms with Gasteiger partial charge in [-0.05, 0) is 25.5 Å². The predicted molar refractivity (Wildman–Crippen MR) is 72.9 cm³/mol. The largest absolute Gasteiger partial charge is 0.419 e. The number of rotatable bonds is 5. The Balaban J connectivity index is 2.30. The summed E-state index contributed by atoms with van der Waals surface area (Å²) in [6.45, 7) is 1.72. The lowest BCUT2D eigenvalue weighted by Crippen LogP contribution is -2.26. The SMILES string of the molecule is CC(O)CCNS(=O)(=O)c1ccc2c(c1)oc(=O)n2C. The van der Waals surface area contributed by atoms with E-state index in [4.69, 9.17) is 9.52 Å². The summed E-state index contributed by atoms with van der Waals surface area (Å²) < 4.78 is 32.7. The lowest BCUT2D eigenvalue weighted by atomic mass is 10.3. The highest BCUT2D eigenvalue weighted by atomic mass is 32.2. The van der Waals surface area contributed by atoms with E-state index < -0.39 is 21.9 Å². The summed E-state index contributed by atoms with van der Waals surface area (Å²) in [6.07, 6.45) is -0.255. The Hall–Kier alpha value is -1.64. The molecule has 0 amide bonds. The van der Waals surface area contributed by atoms with Gasteiger partial charge in [-0.2, -0.15) is 0 Å². The monoisotopic (exact) mass is 300 g/mol. The molecule has 1 unspecified atom stereocenters. The topological polar surface area (TPSA) is 102 Å².